The van der Waals surface area contributed by atoms with Crippen LogP contribution in [-0.4, -0.2) is 36.0 Å². The first-order valence-electron chi connectivity index (χ1n) is 13.0. The number of esters is 1. The number of imide groups is 1. The highest BCUT2D eigenvalue weighted by molar-refractivity contribution is 6.39. The number of rotatable bonds is 4. The van der Waals surface area contributed by atoms with Crippen molar-refractivity contribution in [1.82, 2.24) is 0 Å². The highest BCUT2D eigenvalue weighted by Crippen LogP contribution is 2.54. The molecule has 41 heavy (non-hydrogen) atoms. The van der Waals surface area contributed by atoms with E-state index in [2.05, 4.69) is 0 Å². The molecule has 2 aliphatic rings. The molecule has 2 amide bonds. The van der Waals surface area contributed by atoms with Crippen LogP contribution in [-0.2, 0) is 19.1 Å². The van der Waals surface area contributed by atoms with Crippen LogP contribution in [0.25, 0.3) is 0 Å². The smallest absolute Gasteiger partial charge is 0.421 e. The van der Waals surface area contributed by atoms with Crippen LogP contribution in [0.1, 0.15) is 72.1 Å². The van der Waals surface area contributed by atoms with Crippen molar-refractivity contribution in [2.24, 2.45) is 5.92 Å². The lowest BCUT2D eigenvalue weighted by Crippen LogP contribution is -2.43. The van der Waals surface area contributed by atoms with Crippen molar-refractivity contribution in [3.05, 3.63) is 97.5 Å². The Hall–Kier alpha value is -3.39. The topological polar surface area (TPSA) is 90.0 Å². The van der Waals surface area contributed by atoms with Crippen LogP contribution in [0, 0.1) is 5.92 Å². The van der Waals surface area contributed by atoms with E-state index in [0.717, 1.165) is 4.90 Å². The van der Waals surface area contributed by atoms with Gasteiger partial charge in [0, 0.05) is 27.6 Å². The molecule has 1 heterocycles. The van der Waals surface area contributed by atoms with Crippen LogP contribution in [0.2, 0.25) is 15.1 Å². The summed E-state index contributed by atoms with van der Waals surface area (Å²) >= 11 is 19.8. The van der Waals surface area contributed by atoms with E-state index in [1.54, 1.807) is 82.3 Å². The van der Waals surface area contributed by atoms with Crippen LogP contribution in [0.3, 0.4) is 0 Å². The third-order valence-corrected chi connectivity index (χ3v) is 8.10. The second-order valence-corrected chi connectivity index (χ2v) is 12.0. The summed E-state index contributed by atoms with van der Waals surface area (Å²) in [6, 6.07) is 14.6. The molecule has 10 heteroatoms. The summed E-state index contributed by atoms with van der Waals surface area (Å²) in [5.41, 5.74) is 0.836. The molecule has 2 atom stereocenters. The van der Waals surface area contributed by atoms with Gasteiger partial charge in [-0.05, 0) is 63.1 Å². The standard InChI is InChI=1S/C31H26Cl3NO6/c1-5-40-29(38)26(21-15-9-6-11-17(32)22(15)27(36)23-16(21)10-7-12-18(23)33)25-24-19(34)13-8-14-20(24)35(28(25)37)30(39)41-31(2,3)4/h6-14,21,25-26H,5H2,1-4H3/t25-,26-/m0/s1. The van der Waals surface area contributed by atoms with Crippen LogP contribution in [0.5, 0.6) is 0 Å². The molecule has 7 nitrogen and oxygen atoms in total. The van der Waals surface area contributed by atoms with Crippen LogP contribution < -0.4 is 4.90 Å². The van der Waals surface area contributed by atoms with Gasteiger partial charge >= 0.3 is 12.1 Å². The Labute approximate surface area is 252 Å². The molecule has 0 saturated carbocycles. The van der Waals surface area contributed by atoms with Crippen LogP contribution >= 0.6 is 34.8 Å². The first kappa shape index (κ1) is 29.1. The van der Waals surface area contributed by atoms with Gasteiger partial charge in [0.15, 0.2) is 5.78 Å². The molecule has 0 unspecified atom stereocenters. The van der Waals surface area contributed by atoms with Crippen molar-refractivity contribution in [3.63, 3.8) is 0 Å². The first-order chi connectivity index (χ1) is 19.4. The van der Waals surface area contributed by atoms with E-state index in [9.17, 15) is 19.2 Å². The lowest BCUT2D eigenvalue weighted by atomic mass is 9.67. The summed E-state index contributed by atoms with van der Waals surface area (Å²) in [5, 5.41) is 0.542. The molecule has 0 spiro atoms. The number of nitrogens with zero attached hydrogens (tertiary/aromatic N) is 1. The number of amides is 2. The van der Waals surface area contributed by atoms with Gasteiger partial charge in [-0.2, -0.15) is 0 Å². The van der Waals surface area contributed by atoms with Crippen LogP contribution in [0.4, 0.5) is 10.5 Å². The highest BCUT2D eigenvalue weighted by Gasteiger charge is 2.54. The maximum Gasteiger partial charge on any atom is 0.421 e. The third kappa shape index (κ3) is 4.90. The number of halogens is 3. The van der Waals surface area contributed by atoms with Crippen molar-refractivity contribution < 1.29 is 28.7 Å². The Morgan fingerprint density at radius 3 is 1.93 bits per heavy atom. The van der Waals surface area contributed by atoms with Crippen molar-refractivity contribution in [1.29, 1.82) is 0 Å². The Morgan fingerprint density at radius 1 is 0.854 bits per heavy atom. The van der Waals surface area contributed by atoms with Gasteiger partial charge in [-0.1, -0.05) is 65.1 Å². The average Bonchev–Trinajstić information content (AvgIpc) is 3.18. The molecule has 0 saturated heterocycles. The molecule has 5 rings (SSSR count). The quantitative estimate of drug-likeness (QED) is 0.282. The summed E-state index contributed by atoms with van der Waals surface area (Å²) in [4.78, 5) is 56.2. The summed E-state index contributed by atoms with van der Waals surface area (Å²) in [6.07, 6.45) is -0.901. The number of benzene rings is 3. The van der Waals surface area contributed by atoms with Gasteiger partial charge in [0.2, 0.25) is 5.91 Å². The number of hydrogen-bond donors (Lipinski definition) is 0. The zero-order valence-electron chi connectivity index (χ0n) is 22.7. The molecule has 0 aromatic heterocycles. The lowest BCUT2D eigenvalue weighted by molar-refractivity contribution is -0.151. The predicted octanol–water partition coefficient (Wildman–Crippen LogP) is 7.57. The molecular formula is C31H26Cl3NO6. The van der Waals surface area contributed by atoms with Gasteiger partial charge in [-0.15, -0.1) is 0 Å². The van der Waals surface area contributed by atoms with E-state index in [1.807, 2.05) is 0 Å². The molecule has 0 N–H and O–H groups in total. The normalized spacial score (nSPS) is 17.0. The monoisotopic (exact) mass is 613 g/mol. The minimum Gasteiger partial charge on any atom is -0.466 e. The second-order valence-electron chi connectivity index (χ2n) is 10.8. The van der Waals surface area contributed by atoms with Crippen molar-refractivity contribution >= 4 is 64.2 Å². The molecule has 1 aliphatic carbocycles. The zero-order valence-corrected chi connectivity index (χ0v) is 24.9. The van der Waals surface area contributed by atoms with Gasteiger partial charge < -0.3 is 9.47 Å². The lowest BCUT2D eigenvalue weighted by Gasteiger charge is -2.35. The minimum atomic E-state index is -1.26. The van der Waals surface area contributed by atoms with Gasteiger partial charge in [-0.3, -0.25) is 14.4 Å². The Bertz CT molecular complexity index is 1560. The van der Waals surface area contributed by atoms with E-state index in [-0.39, 0.29) is 44.1 Å². The van der Waals surface area contributed by atoms with E-state index in [0.29, 0.717) is 11.1 Å². The summed E-state index contributed by atoms with van der Waals surface area (Å²) in [7, 11) is 0. The largest absolute Gasteiger partial charge is 0.466 e. The fraction of sp³-hybridized carbons (Fsp3) is 0.290. The second kappa shape index (κ2) is 10.8. The average molecular weight is 615 g/mol. The molecule has 3 aromatic carbocycles. The molecule has 0 bridgehead atoms. The van der Waals surface area contributed by atoms with E-state index in [1.165, 1.54) is 0 Å². The van der Waals surface area contributed by atoms with Gasteiger partial charge in [-0.25, -0.2) is 9.69 Å². The predicted molar refractivity (Wildman–Crippen MR) is 156 cm³/mol. The van der Waals surface area contributed by atoms with E-state index < -0.39 is 47.1 Å². The van der Waals surface area contributed by atoms with E-state index >= 15 is 0 Å². The van der Waals surface area contributed by atoms with E-state index in [4.69, 9.17) is 44.3 Å². The van der Waals surface area contributed by atoms with Gasteiger partial charge in [0.25, 0.3) is 0 Å². The SMILES string of the molecule is CCOC(=O)[C@@H](C1c2cccc(Cl)c2C(=O)c2c(Cl)cccc21)[C@H]1C(=O)N(C(=O)OC(C)(C)C)c2cccc(Cl)c21. The van der Waals surface area contributed by atoms with Gasteiger partial charge in [0.05, 0.1) is 34.2 Å². The molecule has 1 aliphatic heterocycles. The summed E-state index contributed by atoms with van der Waals surface area (Å²) in [5.74, 6) is -5.22. The number of fused-ring (bicyclic) bond motifs is 3. The third-order valence-electron chi connectivity index (χ3n) is 7.14. The Balaban J connectivity index is 1.79. The zero-order chi connectivity index (χ0) is 29.8. The van der Waals surface area contributed by atoms with Crippen molar-refractivity contribution in [2.45, 2.75) is 45.1 Å². The maximum atomic E-state index is 14.3. The Kier molecular flexibility index (Phi) is 7.66. The molecular weight excluding hydrogens is 589 g/mol. The maximum absolute atomic E-state index is 14.3. The van der Waals surface area contributed by atoms with Gasteiger partial charge in [0.1, 0.15) is 5.60 Å². The fourth-order valence-corrected chi connectivity index (χ4v) is 6.52. The van der Waals surface area contributed by atoms with Crippen LogP contribution in [0.15, 0.2) is 54.6 Å². The number of hydrogen-bond acceptors (Lipinski definition) is 6. The minimum absolute atomic E-state index is 0.0257. The Morgan fingerprint density at radius 2 is 1.39 bits per heavy atom. The van der Waals surface area contributed by atoms with Crippen molar-refractivity contribution in [2.75, 3.05) is 11.5 Å². The fourth-order valence-electron chi connectivity index (χ4n) is 5.70. The molecule has 0 radical (unpaired) electrons. The summed E-state index contributed by atoms with van der Waals surface area (Å²) < 4.78 is 11.1. The number of carbonyl (C=O) groups is 4. The highest BCUT2D eigenvalue weighted by atomic mass is 35.5. The molecule has 3 aromatic rings. The summed E-state index contributed by atoms with van der Waals surface area (Å²) in [6.45, 7) is 6.73. The number of carbonyl (C=O) groups excluding carboxylic acids is 4. The van der Waals surface area contributed by atoms with Crippen molar-refractivity contribution in [3.8, 4) is 0 Å². The number of anilines is 1. The molecule has 0 fully saturated rings. The first-order valence-corrected chi connectivity index (χ1v) is 14.1. The molecule has 212 valence electrons. The number of ketones is 1. The number of ether oxygens (including phenoxy) is 2.